The van der Waals surface area contributed by atoms with Crippen molar-refractivity contribution in [3.8, 4) is 5.75 Å². The third-order valence-corrected chi connectivity index (χ3v) is 5.35. The van der Waals surface area contributed by atoms with Crippen molar-refractivity contribution in [1.29, 1.82) is 0 Å². The number of ketones is 3. The summed E-state index contributed by atoms with van der Waals surface area (Å²) in [5, 5.41) is 0. The van der Waals surface area contributed by atoms with Gasteiger partial charge < -0.3 is 4.74 Å². The van der Waals surface area contributed by atoms with Gasteiger partial charge in [-0.15, -0.1) is 0 Å². The van der Waals surface area contributed by atoms with Crippen LogP contribution >= 0.6 is 0 Å². The molecule has 4 heteroatoms. The molecule has 2 aromatic rings. The van der Waals surface area contributed by atoms with E-state index in [-0.39, 0.29) is 23.3 Å². The molecule has 0 fully saturated rings. The van der Waals surface area contributed by atoms with E-state index >= 15 is 0 Å². The Morgan fingerprint density at radius 2 is 1.76 bits per heavy atom. The van der Waals surface area contributed by atoms with E-state index in [0.717, 1.165) is 17.5 Å². The number of hydrogen-bond donors (Lipinski definition) is 0. The average Bonchev–Trinajstić information content (AvgIpc) is 2.63. The predicted octanol–water partition coefficient (Wildman–Crippen LogP) is 3.16. The fourth-order valence-electron chi connectivity index (χ4n) is 4.03. The van der Waals surface area contributed by atoms with E-state index in [4.69, 9.17) is 4.74 Å². The summed E-state index contributed by atoms with van der Waals surface area (Å²) in [5.41, 5.74) is 3.52. The van der Waals surface area contributed by atoms with Gasteiger partial charge in [0.1, 0.15) is 11.5 Å². The third-order valence-electron chi connectivity index (χ3n) is 5.35. The topological polar surface area (TPSA) is 60.4 Å². The highest BCUT2D eigenvalue weighted by molar-refractivity contribution is 6.29. The van der Waals surface area contributed by atoms with Crippen molar-refractivity contribution >= 4 is 17.3 Å². The molecule has 0 N–H and O–H groups in total. The lowest BCUT2D eigenvalue weighted by Crippen LogP contribution is -2.26. The Bertz CT molecular complexity index is 939. The fraction of sp³-hybridized carbons (Fsp3) is 0.286. The molecule has 0 heterocycles. The van der Waals surface area contributed by atoms with Crippen LogP contribution in [0.25, 0.3) is 0 Å². The van der Waals surface area contributed by atoms with Crippen molar-refractivity contribution in [3.05, 3.63) is 63.7 Å². The second-order valence-corrected chi connectivity index (χ2v) is 6.72. The van der Waals surface area contributed by atoms with Crippen LogP contribution in [-0.4, -0.2) is 24.5 Å². The molecule has 1 unspecified atom stereocenters. The van der Waals surface area contributed by atoms with E-state index in [9.17, 15) is 14.4 Å². The largest absolute Gasteiger partial charge is 0.496 e. The van der Waals surface area contributed by atoms with Crippen molar-refractivity contribution in [3.63, 3.8) is 0 Å². The SMILES string of the molecule is COc1c2c(cc3c1C(=O)c1ccccc1C3=O)CC(C(C)=O)CC2. The highest BCUT2D eigenvalue weighted by atomic mass is 16.5. The number of Topliss-reactive ketones (excluding diaryl/α,β-unsaturated/α-hetero) is 1. The molecule has 2 aromatic carbocycles. The first-order valence-corrected chi connectivity index (χ1v) is 8.44. The Kier molecular flexibility index (Phi) is 3.57. The molecule has 0 radical (unpaired) electrons. The molecule has 2 aliphatic carbocycles. The van der Waals surface area contributed by atoms with E-state index in [1.54, 1.807) is 37.3 Å². The molecule has 4 nitrogen and oxygen atoms in total. The Labute approximate surface area is 145 Å². The smallest absolute Gasteiger partial charge is 0.198 e. The highest BCUT2D eigenvalue weighted by Gasteiger charge is 2.36. The van der Waals surface area contributed by atoms with Crippen LogP contribution in [0, 0.1) is 5.92 Å². The van der Waals surface area contributed by atoms with Gasteiger partial charge in [0.2, 0.25) is 0 Å². The summed E-state index contributed by atoms with van der Waals surface area (Å²) in [6.45, 7) is 1.61. The van der Waals surface area contributed by atoms with Gasteiger partial charge in [0, 0.05) is 22.6 Å². The molecule has 2 aliphatic rings. The molecule has 1 atom stereocenters. The Morgan fingerprint density at radius 3 is 2.40 bits per heavy atom. The van der Waals surface area contributed by atoms with Gasteiger partial charge >= 0.3 is 0 Å². The third kappa shape index (κ3) is 2.24. The van der Waals surface area contributed by atoms with Gasteiger partial charge in [0.15, 0.2) is 11.6 Å². The molecule has 25 heavy (non-hydrogen) atoms. The molecule has 0 saturated carbocycles. The van der Waals surface area contributed by atoms with Crippen LogP contribution in [0.1, 0.15) is 56.3 Å². The number of ether oxygens (including phenoxy) is 1. The van der Waals surface area contributed by atoms with Gasteiger partial charge in [-0.3, -0.25) is 14.4 Å². The van der Waals surface area contributed by atoms with Crippen LogP contribution in [0.5, 0.6) is 5.75 Å². The molecule has 0 spiro atoms. The van der Waals surface area contributed by atoms with Crippen LogP contribution < -0.4 is 4.74 Å². The molecule has 4 rings (SSSR count). The van der Waals surface area contributed by atoms with Crippen molar-refractivity contribution in [2.24, 2.45) is 5.92 Å². The first-order chi connectivity index (χ1) is 12.0. The number of fused-ring (bicyclic) bond motifs is 3. The van der Waals surface area contributed by atoms with Crippen LogP contribution in [0.15, 0.2) is 30.3 Å². The monoisotopic (exact) mass is 334 g/mol. The normalized spacial score (nSPS) is 18.2. The van der Waals surface area contributed by atoms with Crippen LogP contribution in [-0.2, 0) is 17.6 Å². The number of benzene rings is 2. The number of hydrogen-bond acceptors (Lipinski definition) is 4. The lowest BCUT2D eigenvalue weighted by Gasteiger charge is -2.28. The molecule has 126 valence electrons. The summed E-state index contributed by atoms with van der Waals surface area (Å²) in [5.74, 6) is 0.309. The average molecular weight is 334 g/mol. The summed E-state index contributed by atoms with van der Waals surface area (Å²) in [6, 6.07) is 8.69. The molecular weight excluding hydrogens is 316 g/mol. The maximum Gasteiger partial charge on any atom is 0.198 e. The zero-order chi connectivity index (χ0) is 17.7. The fourth-order valence-corrected chi connectivity index (χ4v) is 4.03. The van der Waals surface area contributed by atoms with Gasteiger partial charge in [-0.2, -0.15) is 0 Å². The maximum absolute atomic E-state index is 13.0. The van der Waals surface area contributed by atoms with Gasteiger partial charge in [-0.1, -0.05) is 24.3 Å². The molecular formula is C21H18O4. The minimum absolute atomic E-state index is 0.0306. The minimum atomic E-state index is -0.168. The number of methoxy groups -OCH3 is 1. The summed E-state index contributed by atoms with van der Waals surface area (Å²) < 4.78 is 5.58. The van der Waals surface area contributed by atoms with E-state index in [1.165, 1.54) is 7.11 Å². The molecule has 0 bridgehead atoms. The van der Waals surface area contributed by atoms with Crippen molar-refractivity contribution in [1.82, 2.24) is 0 Å². The number of carbonyl (C=O) groups is 3. The van der Waals surface area contributed by atoms with Gasteiger partial charge in [0.05, 0.1) is 12.7 Å². The number of carbonyl (C=O) groups excluding carboxylic acids is 3. The molecule has 0 aromatic heterocycles. The Balaban J connectivity index is 1.95. The Hall–Kier alpha value is -2.75. The molecule has 0 saturated heterocycles. The zero-order valence-corrected chi connectivity index (χ0v) is 14.2. The van der Waals surface area contributed by atoms with E-state index in [0.29, 0.717) is 40.8 Å². The van der Waals surface area contributed by atoms with E-state index in [1.807, 2.05) is 0 Å². The lowest BCUT2D eigenvalue weighted by molar-refractivity contribution is -0.121. The van der Waals surface area contributed by atoms with E-state index < -0.39 is 0 Å². The minimum Gasteiger partial charge on any atom is -0.496 e. The van der Waals surface area contributed by atoms with Crippen LogP contribution in [0.4, 0.5) is 0 Å². The second-order valence-electron chi connectivity index (χ2n) is 6.72. The van der Waals surface area contributed by atoms with Crippen molar-refractivity contribution in [2.45, 2.75) is 26.2 Å². The first-order valence-electron chi connectivity index (χ1n) is 8.44. The van der Waals surface area contributed by atoms with Crippen LogP contribution in [0.2, 0.25) is 0 Å². The number of rotatable bonds is 2. The molecule has 0 amide bonds. The summed E-state index contributed by atoms with van der Waals surface area (Å²) in [6.07, 6.45) is 2.02. The quantitative estimate of drug-likeness (QED) is 0.722. The first kappa shape index (κ1) is 15.8. The standard InChI is InChI=1S/C21H18O4/c1-11(22)12-7-8-14-13(9-12)10-17-18(21(14)25-2)20(24)16-6-4-3-5-15(16)19(17)23/h3-6,10,12H,7-9H2,1-2H3. The second kappa shape index (κ2) is 5.66. The van der Waals surface area contributed by atoms with Gasteiger partial charge in [0.25, 0.3) is 0 Å². The van der Waals surface area contributed by atoms with Gasteiger partial charge in [-0.25, -0.2) is 0 Å². The Morgan fingerprint density at radius 1 is 1.08 bits per heavy atom. The van der Waals surface area contributed by atoms with Crippen molar-refractivity contribution < 1.29 is 19.1 Å². The van der Waals surface area contributed by atoms with Gasteiger partial charge in [-0.05, 0) is 43.4 Å². The summed E-state index contributed by atoms with van der Waals surface area (Å²) in [4.78, 5) is 37.7. The summed E-state index contributed by atoms with van der Waals surface area (Å²) in [7, 11) is 1.53. The predicted molar refractivity (Wildman–Crippen MR) is 92.5 cm³/mol. The highest BCUT2D eigenvalue weighted by Crippen LogP contribution is 2.41. The zero-order valence-electron chi connectivity index (χ0n) is 14.2. The molecule has 0 aliphatic heterocycles. The summed E-state index contributed by atoms with van der Waals surface area (Å²) >= 11 is 0. The van der Waals surface area contributed by atoms with Crippen molar-refractivity contribution in [2.75, 3.05) is 7.11 Å². The maximum atomic E-state index is 13.0. The van der Waals surface area contributed by atoms with E-state index in [2.05, 4.69) is 0 Å². The lowest BCUT2D eigenvalue weighted by atomic mass is 9.76. The van der Waals surface area contributed by atoms with Crippen LogP contribution in [0.3, 0.4) is 0 Å².